The van der Waals surface area contributed by atoms with Crippen LogP contribution in [-0.2, 0) is 16.0 Å². The molecule has 2 heterocycles. The van der Waals surface area contributed by atoms with E-state index in [0.29, 0.717) is 42.3 Å². The minimum absolute atomic E-state index is 0.0844. The number of nitrogens with zero attached hydrogens (tertiary/aromatic N) is 1. The third kappa shape index (κ3) is 3.74. The summed E-state index contributed by atoms with van der Waals surface area (Å²) in [5, 5.41) is 3.04. The molecule has 0 bridgehead atoms. The Labute approximate surface area is 182 Å². The zero-order valence-electron chi connectivity index (χ0n) is 18.1. The Morgan fingerprint density at radius 3 is 2.58 bits per heavy atom. The SMILES string of the molecule is COCCCNC(=O)C1c2cc(OC)c(OC)cc2C(=O)N2CCc3ccccc3C12. The van der Waals surface area contributed by atoms with Crippen molar-refractivity contribution in [2.75, 3.05) is 41.0 Å². The summed E-state index contributed by atoms with van der Waals surface area (Å²) in [7, 11) is 4.73. The molecule has 0 fully saturated rings. The number of benzene rings is 2. The lowest BCUT2D eigenvalue weighted by molar-refractivity contribution is -0.124. The standard InChI is InChI=1S/C24H28N2O5/c1-29-12-6-10-25-23(27)21-17-13-19(30-2)20(31-3)14-18(17)24(28)26-11-9-15-7-4-5-8-16(15)22(21)26/h4-5,7-8,13-14,21-22H,6,9-12H2,1-3H3,(H,25,27). The first kappa shape index (κ1) is 21.2. The fourth-order valence-corrected chi connectivity index (χ4v) is 4.67. The molecule has 164 valence electrons. The first-order valence-corrected chi connectivity index (χ1v) is 10.5. The van der Waals surface area contributed by atoms with Gasteiger partial charge in [-0.05, 0) is 41.7 Å². The number of methoxy groups -OCH3 is 3. The maximum absolute atomic E-state index is 13.5. The molecule has 2 atom stereocenters. The third-order valence-electron chi connectivity index (χ3n) is 6.14. The van der Waals surface area contributed by atoms with Gasteiger partial charge in [-0.15, -0.1) is 0 Å². The van der Waals surface area contributed by atoms with E-state index in [-0.39, 0.29) is 17.9 Å². The smallest absolute Gasteiger partial charge is 0.254 e. The maximum Gasteiger partial charge on any atom is 0.254 e. The van der Waals surface area contributed by atoms with Crippen molar-refractivity contribution in [2.24, 2.45) is 0 Å². The van der Waals surface area contributed by atoms with Crippen LogP contribution in [0.25, 0.3) is 0 Å². The van der Waals surface area contributed by atoms with Crippen molar-refractivity contribution in [3.8, 4) is 11.5 Å². The third-order valence-corrected chi connectivity index (χ3v) is 6.14. The Balaban J connectivity index is 1.82. The Hall–Kier alpha value is -3.06. The second-order valence-corrected chi connectivity index (χ2v) is 7.80. The summed E-state index contributed by atoms with van der Waals surface area (Å²) in [5.41, 5.74) is 3.37. The summed E-state index contributed by atoms with van der Waals surface area (Å²) in [6, 6.07) is 11.2. The summed E-state index contributed by atoms with van der Waals surface area (Å²) in [4.78, 5) is 28.8. The van der Waals surface area contributed by atoms with Gasteiger partial charge >= 0.3 is 0 Å². The van der Waals surface area contributed by atoms with Gasteiger partial charge in [0.1, 0.15) is 0 Å². The largest absolute Gasteiger partial charge is 0.493 e. The van der Waals surface area contributed by atoms with Gasteiger partial charge in [0.15, 0.2) is 11.5 Å². The fourth-order valence-electron chi connectivity index (χ4n) is 4.67. The molecule has 1 N–H and O–H groups in total. The van der Waals surface area contributed by atoms with E-state index in [1.807, 2.05) is 23.1 Å². The van der Waals surface area contributed by atoms with Crippen LogP contribution in [0.1, 0.15) is 45.4 Å². The molecule has 31 heavy (non-hydrogen) atoms. The molecule has 0 saturated heterocycles. The molecule has 0 saturated carbocycles. The fraction of sp³-hybridized carbons (Fsp3) is 0.417. The van der Waals surface area contributed by atoms with E-state index < -0.39 is 5.92 Å². The van der Waals surface area contributed by atoms with Gasteiger partial charge in [0.2, 0.25) is 5.91 Å². The van der Waals surface area contributed by atoms with Gasteiger partial charge in [0.25, 0.3) is 5.91 Å². The second kappa shape index (κ2) is 8.98. The molecule has 7 nitrogen and oxygen atoms in total. The summed E-state index contributed by atoms with van der Waals surface area (Å²) < 4.78 is 16.0. The number of rotatable bonds is 7. The molecular formula is C24H28N2O5. The number of fused-ring (bicyclic) bond motifs is 4. The quantitative estimate of drug-likeness (QED) is 0.692. The van der Waals surface area contributed by atoms with Crippen LogP contribution < -0.4 is 14.8 Å². The van der Waals surface area contributed by atoms with E-state index in [1.165, 1.54) is 12.7 Å². The van der Waals surface area contributed by atoms with Crippen molar-refractivity contribution in [3.05, 3.63) is 58.7 Å². The predicted octanol–water partition coefficient (Wildman–Crippen LogP) is 2.69. The van der Waals surface area contributed by atoms with Crippen LogP contribution in [0.4, 0.5) is 0 Å². The molecule has 2 aromatic rings. The first-order valence-electron chi connectivity index (χ1n) is 10.5. The molecule has 2 aromatic carbocycles. The highest BCUT2D eigenvalue weighted by atomic mass is 16.5. The van der Waals surface area contributed by atoms with Gasteiger partial charge < -0.3 is 24.4 Å². The maximum atomic E-state index is 13.5. The number of carbonyl (C=O) groups excluding carboxylic acids is 2. The van der Waals surface area contributed by atoms with Gasteiger partial charge in [-0.25, -0.2) is 0 Å². The molecule has 2 aliphatic rings. The van der Waals surface area contributed by atoms with E-state index in [0.717, 1.165) is 18.4 Å². The van der Waals surface area contributed by atoms with E-state index in [4.69, 9.17) is 14.2 Å². The molecule has 7 heteroatoms. The Morgan fingerprint density at radius 2 is 1.84 bits per heavy atom. The highest BCUT2D eigenvalue weighted by molar-refractivity contribution is 6.02. The summed E-state index contributed by atoms with van der Waals surface area (Å²) in [6.07, 6.45) is 1.49. The first-order chi connectivity index (χ1) is 15.1. The van der Waals surface area contributed by atoms with E-state index in [1.54, 1.807) is 26.4 Å². The van der Waals surface area contributed by atoms with Crippen LogP contribution >= 0.6 is 0 Å². The van der Waals surface area contributed by atoms with Crippen LogP contribution in [0.15, 0.2) is 36.4 Å². The highest BCUT2D eigenvalue weighted by Crippen LogP contribution is 2.48. The van der Waals surface area contributed by atoms with Crippen LogP contribution in [0.2, 0.25) is 0 Å². The minimum atomic E-state index is -0.545. The number of ether oxygens (including phenoxy) is 3. The number of carbonyl (C=O) groups is 2. The number of nitrogens with one attached hydrogen (secondary N) is 1. The Kier molecular flexibility index (Phi) is 6.13. The monoisotopic (exact) mass is 424 g/mol. The normalized spacial score (nSPS) is 19.2. The Morgan fingerprint density at radius 1 is 1.10 bits per heavy atom. The summed E-state index contributed by atoms with van der Waals surface area (Å²) in [6.45, 7) is 1.65. The Bertz CT molecular complexity index is 990. The molecule has 0 aromatic heterocycles. The van der Waals surface area contributed by atoms with Crippen molar-refractivity contribution in [2.45, 2.75) is 24.8 Å². The van der Waals surface area contributed by atoms with E-state index in [9.17, 15) is 9.59 Å². The molecular weight excluding hydrogens is 396 g/mol. The second-order valence-electron chi connectivity index (χ2n) is 7.80. The average molecular weight is 424 g/mol. The summed E-state index contributed by atoms with van der Waals surface area (Å²) >= 11 is 0. The molecule has 2 aliphatic heterocycles. The zero-order chi connectivity index (χ0) is 22.0. The van der Waals surface area contributed by atoms with Crippen molar-refractivity contribution in [1.29, 1.82) is 0 Å². The molecule has 2 unspecified atom stereocenters. The predicted molar refractivity (Wildman–Crippen MR) is 116 cm³/mol. The van der Waals surface area contributed by atoms with E-state index in [2.05, 4.69) is 11.4 Å². The lowest BCUT2D eigenvalue weighted by Gasteiger charge is -2.45. The number of hydrogen-bond acceptors (Lipinski definition) is 5. The molecule has 0 radical (unpaired) electrons. The highest BCUT2D eigenvalue weighted by Gasteiger charge is 2.46. The van der Waals surface area contributed by atoms with Crippen LogP contribution in [0, 0.1) is 0 Å². The van der Waals surface area contributed by atoms with Gasteiger partial charge in [0, 0.05) is 32.4 Å². The van der Waals surface area contributed by atoms with Gasteiger partial charge in [-0.2, -0.15) is 0 Å². The molecule has 0 spiro atoms. The van der Waals surface area contributed by atoms with Crippen molar-refractivity contribution < 1.29 is 23.8 Å². The van der Waals surface area contributed by atoms with Gasteiger partial charge in [0.05, 0.1) is 26.2 Å². The topological polar surface area (TPSA) is 77.1 Å². The lowest BCUT2D eigenvalue weighted by Crippen LogP contribution is -2.50. The van der Waals surface area contributed by atoms with Gasteiger partial charge in [-0.1, -0.05) is 24.3 Å². The number of hydrogen-bond donors (Lipinski definition) is 1. The average Bonchev–Trinajstić information content (AvgIpc) is 2.81. The van der Waals surface area contributed by atoms with Gasteiger partial charge in [-0.3, -0.25) is 9.59 Å². The van der Waals surface area contributed by atoms with E-state index >= 15 is 0 Å². The number of amides is 2. The minimum Gasteiger partial charge on any atom is -0.493 e. The molecule has 4 rings (SSSR count). The molecule has 2 amide bonds. The lowest BCUT2D eigenvalue weighted by atomic mass is 9.75. The van der Waals surface area contributed by atoms with Crippen LogP contribution in [0.5, 0.6) is 11.5 Å². The zero-order valence-corrected chi connectivity index (χ0v) is 18.1. The van der Waals surface area contributed by atoms with Crippen LogP contribution in [-0.4, -0.2) is 57.7 Å². The summed E-state index contributed by atoms with van der Waals surface area (Å²) in [5.74, 6) is 0.243. The molecule has 0 aliphatic carbocycles. The van der Waals surface area contributed by atoms with Crippen LogP contribution in [0.3, 0.4) is 0 Å². The van der Waals surface area contributed by atoms with Crippen molar-refractivity contribution >= 4 is 11.8 Å². The van der Waals surface area contributed by atoms with Crippen molar-refractivity contribution in [1.82, 2.24) is 10.2 Å². The van der Waals surface area contributed by atoms with Crippen molar-refractivity contribution in [3.63, 3.8) is 0 Å².